The van der Waals surface area contributed by atoms with Crippen molar-refractivity contribution in [1.29, 1.82) is 0 Å². The normalized spacial score (nSPS) is 17.6. The van der Waals surface area contributed by atoms with Crippen LogP contribution < -0.4 is 4.90 Å². The second-order valence-corrected chi connectivity index (χ2v) is 7.81. The molecule has 5 heteroatoms. The molecule has 3 rings (SSSR count). The molecule has 27 heavy (non-hydrogen) atoms. The number of halogens is 1. The summed E-state index contributed by atoms with van der Waals surface area (Å²) in [5, 5.41) is 10.6. The summed E-state index contributed by atoms with van der Waals surface area (Å²) in [4.78, 5) is 27.2. The molecule has 0 fully saturated rings. The number of aliphatic hydroxyl groups is 1. The summed E-state index contributed by atoms with van der Waals surface area (Å²) in [7, 11) is 0. The van der Waals surface area contributed by atoms with E-state index in [0.29, 0.717) is 5.56 Å². The highest BCUT2D eigenvalue weighted by atomic mass is 19.1. The smallest absolute Gasteiger partial charge is 0.294 e. The maximum atomic E-state index is 13.8. The number of rotatable bonds is 3. The Morgan fingerprint density at radius 1 is 1.11 bits per heavy atom. The lowest BCUT2D eigenvalue weighted by molar-refractivity contribution is -0.123. The van der Waals surface area contributed by atoms with Gasteiger partial charge < -0.3 is 5.11 Å². The lowest BCUT2D eigenvalue weighted by atomic mass is 9.82. The molecule has 0 radical (unpaired) electrons. The van der Waals surface area contributed by atoms with Gasteiger partial charge in [-0.25, -0.2) is 4.39 Å². The number of aliphatic hydroxyl groups excluding tert-OH is 1. The Bertz CT molecular complexity index is 956. The summed E-state index contributed by atoms with van der Waals surface area (Å²) in [5.41, 5.74) is 1.18. The number of ketones is 1. The third-order valence-electron chi connectivity index (χ3n) is 4.58. The van der Waals surface area contributed by atoms with E-state index in [4.69, 9.17) is 0 Å². The minimum Gasteiger partial charge on any atom is -0.503 e. The third-order valence-corrected chi connectivity index (χ3v) is 4.58. The molecule has 1 unspecified atom stereocenters. The monoisotopic (exact) mass is 367 g/mol. The van der Waals surface area contributed by atoms with Gasteiger partial charge in [-0.3, -0.25) is 14.5 Å². The van der Waals surface area contributed by atoms with E-state index in [1.807, 2.05) is 25.1 Å². The molecule has 0 aliphatic carbocycles. The van der Waals surface area contributed by atoms with Crippen LogP contribution in [0.4, 0.5) is 10.1 Å². The molecule has 0 saturated heterocycles. The second kappa shape index (κ2) is 6.65. The first-order chi connectivity index (χ1) is 12.6. The van der Waals surface area contributed by atoms with E-state index in [1.165, 1.54) is 23.1 Å². The number of benzene rings is 2. The van der Waals surface area contributed by atoms with Crippen LogP contribution in [0.5, 0.6) is 0 Å². The molecule has 1 amide bonds. The van der Waals surface area contributed by atoms with Gasteiger partial charge in [0.15, 0.2) is 11.5 Å². The van der Waals surface area contributed by atoms with Gasteiger partial charge in [0, 0.05) is 11.1 Å². The molecule has 1 aliphatic heterocycles. The van der Waals surface area contributed by atoms with E-state index in [1.54, 1.807) is 32.9 Å². The zero-order valence-corrected chi connectivity index (χ0v) is 15.8. The van der Waals surface area contributed by atoms with Crippen LogP contribution in [0.2, 0.25) is 0 Å². The molecule has 4 nitrogen and oxygen atoms in total. The maximum absolute atomic E-state index is 13.8. The Hall–Kier alpha value is -2.95. The number of amides is 1. The molecule has 1 atom stereocenters. The average Bonchev–Trinajstić information content (AvgIpc) is 2.85. The standard InChI is InChI=1S/C22H22FNO3/c1-13-7-5-8-14(11-13)18-17(20(26)22(2,3)4)19(25)21(27)24(18)16-10-6-9-15(23)12-16/h5-12,18,25H,1-4H3. The number of carbonyl (C=O) groups is 2. The zero-order valence-electron chi connectivity index (χ0n) is 15.8. The van der Waals surface area contributed by atoms with E-state index in [0.717, 1.165) is 5.56 Å². The van der Waals surface area contributed by atoms with E-state index >= 15 is 0 Å². The highest BCUT2D eigenvalue weighted by Crippen LogP contribution is 2.43. The molecule has 1 N–H and O–H groups in total. The van der Waals surface area contributed by atoms with Crippen LogP contribution in [0.25, 0.3) is 0 Å². The number of aryl methyl sites for hydroxylation is 1. The van der Waals surface area contributed by atoms with Gasteiger partial charge in [-0.05, 0) is 30.7 Å². The molecule has 1 aliphatic rings. The van der Waals surface area contributed by atoms with Crippen LogP contribution in [0, 0.1) is 18.2 Å². The summed E-state index contributed by atoms with van der Waals surface area (Å²) in [6.45, 7) is 7.11. The topological polar surface area (TPSA) is 57.6 Å². The Labute approximate surface area is 157 Å². The average molecular weight is 367 g/mol. The van der Waals surface area contributed by atoms with Crippen molar-refractivity contribution in [2.24, 2.45) is 5.41 Å². The molecule has 0 bridgehead atoms. The van der Waals surface area contributed by atoms with E-state index in [2.05, 4.69) is 0 Å². The molecular weight excluding hydrogens is 345 g/mol. The molecule has 2 aromatic carbocycles. The van der Waals surface area contributed by atoms with Gasteiger partial charge in [0.05, 0.1) is 11.6 Å². The number of hydrogen-bond donors (Lipinski definition) is 1. The number of anilines is 1. The minimum atomic E-state index is -0.814. The summed E-state index contributed by atoms with van der Waals surface area (Å²) >= 11 is 0. The van der Waals surface area contributed by atoms with Crippen LogP contribution in [0.1, 0.15) is 37.9 Å². The summed E-state index contributed by atoms with van der Waals surface area (Å²) < 4.78 is 13.8. The van der Waals surface area contributed by atoms with Crippen molar-refractivity contribution in [3.8, 4) is 0 Å². The van der Waals surface area contributed by atoms with Gasteiger partial charge in [-0.2, -0.15) is 0 Å². The fraction of sp³-hybridized carbons (Fsp3) is 0.273. The van der Waals surface area contributed by atoms with Crippen LogP contribution in [-0.4, -0.2) is 16.8 Å². The van der Waals surface area contributed by atoms with Gasteiger partial charge >= 0.3 is 0 Å². The van der Waals surface area contributed by atoms with E-state index in [-0.39, 0.29) is 17.0 Å². The Balaban J connectivity index is 2.23. The van der Waals surface area contributed by atoms with Gasteiger partial charge in [-0.1, -0.05) is 56.7 Å². The maximum Gasteiger partial charge on any atom is 0.294 e. The van der Waals surface area contributed by atoms with Gasteiger partial charge in [0.1, 0.15) is 5.82 Å². The van der Waals surface area contributed by atoms with Gasteiger partial charge in [-0.15, -0.1) is 0 Å². The largest absolute Gasteiger partial charge is 0.503 e. The molecule has 0 spiro atoms. The molecular formula is C22H22FNO3. The quantitative estimate of drug-likeness (QED) is 0.859. The summed E-state index contributed by atoms with van der Waals surface area (Å²) in [6.07, 6.45) is 0. The van der Waals surface area contributed by atoms with Gasteiger partial charge in [0.2, 0.25) is 0 Å². The lowest BCUT2D eigenvalue weighted by Gasteiger charge is -2.29. The second-order valence-electron chi connectivity index (χ2n) is 7.81. The number of carbonyl (C=O) groups excluding carboxylic acids is 2. The van der Waals surface area contributed by atoms with Crippen LogP contribution in [0.15, 0.2) is 59.9 Å². The molecule has 140 valence electrons. The zero-order chi connectivity index (χ0) is 19.9. The highest BCUT2D eigenvalue weighted by molar-refractivity contribution is 6.17. The molecule has 0 aromatic heterocycles. The summed E-state index contributed by atoms with van der Waals surface area (Å²) in [6, 6.07) is 12.2. The Kier molecular flexibility index (Phi) is 4.64. The Morgan fingerprint density at radius 3 is 2.37 bits per heavy atom. The number of nitrogens with zero attached hydrogens (tertiary/aromatic N) is 1. The third kappa shape index (κ3) is 3.37. The fourth-order valence-corrected chi connectivity index (χ4v) is 3.29. The first-order valence-corrected chi connectivity index (χ1v) is 8.75. The first-order valence-electron chi connectivity index (χ1n) is 8.75. The number of Topliss-reactive ketones (excluding diaryl/α,β-unsaturated/α-hetero) is 1. The molecule has 0 saturated carbocycles. The summed E-state index contributed by atoms with van der Waals surface area (Å²) in [5.74, 6) is -2.11. The molecule has 1 heterocycles. The predicted octanol–water partition coefficient (Wildman–Crippen LogP) is 4.65. The Morgan fingerprint density at radius 2 is 1.78 bits per heavy atom. The first kappa shape index (κ1) is 18.8. The van der Waals surface area contributed by atoms with Crippen molar-refractivity contribution in [3.05, 3.63) is 76.8 Å². The van der Waals surface area contributed by atoms with Crippen molar-refractivity contribution >= 4 is 17.4 Å². The van der Waals surface area contributed by atoms with Crippen molar-refractivity contribution in [2.75, 3.05) is 4.90 Å². The van der Waals surface area contributed by atoms with Crippen LogP contribution in [0.3, 0.4) is 0 Å². The fourth-order valence-electron chi connectivity index (χ4n) is 3.29. The van der Waals surface area contributed by atoms with Crippen molar-refractivity contribution in [1.82, 2.24) is 0 Å². The lowest BCUT2D eigenvalue weighted by Crippen LogP contribution is -2.32. The SMILES string of the molecule is Cc1cccc(C2C(C(=O)C(C)(C)C)=C(O)C(=O)N2c2cccc(F)c2)c1. The minimum absolute atomic E-state index is 0.0439. The van der Waals surface area contributed by atoms with Crippen molar-refractivity contribution in [3.63, 3.8) is 0 Å². The van der Waals surface area contributed by atoms with E-state index < -0.39 is 28.9 Å². The van der Waals surface area contributed by atoms with Crippen LogP contribution >= 0.6 is 0 Å². The molecule has 2 aromatic rings. The predicted molar refractivity (Wildman–Crippen MR) is 102 cm³/mol. The van der Waals surface area contributed by atoms with Crippen molar-refractivity contribution in [2.45, 2.75) is 33.7 Å². The van der Waals surface area contributed by atoms with Crippen molar-refractivity contribution < 1.29 is 19.1 Å². The highest BCUT2D eigenvalue weighted by Gasteiger charge is 2.46. The number of hydrogen-bond acceptors (Lipinski definition) is 3. The van der Waals surface area contributed by atoms with E-state index in [9.17, 15) is 19.1 Å². The van der Waals surface area contributed by atoms with Crippen LogP contribution in [-0.2, 0) is 9.59 Å². The van der Waals surface area contributed by atoms with Gasteiger partial charge in [0.25, 0.3) is 5.91 Å².